The first-order valence-electron chi connectivity index (χ1n) is 4.31. The zero-order chi connectivity index (χ0) is 9.84. The molecule has 0 radical (unpaired) electrons. The van der Waals surface area contributed by atoms with Crippen molar-refractivity contribution in [2.24, 2.45) is 0 Å². The van der Waals surface area contributed by atoms with Gasteiger partial charge in [0.15, 0.2) is 0 Å². The molecule has 0 N–H and O–H groups in total. The Morgan fingerprint density at radius 1 is 1.54 bits per heavy atom. The van der Waals surface area contributed by atoms with E-state index >= 15 is 0 Å². The van der Waals surface area contributed by atoms with Gasteiger partial charge in [-0.25, -0.2) is 0 Å². The number of hydrogen-bond acceptors (Lipinski definition) is 2. The first kappa shape index (κ1) is 9.53. The van der Waals surface area contributed by atoms with Gasteiger partial charge >= 0.3 is 0 Å². The van der Waals surface area contributed by atoms with Crippen LogP contribution >= 0.6 is 0 Å². The van der Waals surface area contributed by atoms with Crippen molar-refractivity contribution in [2.75, 3.05) is 0 Å². The van der Waals surface area contributed by atoms with Crippen LogP contribution in [0.3, 0.4) is 0 Å². The van der Waals surface area contributed by atoms with Crippen molar-refractivity contribution in [3.05, 3.63) is 33.7 Å². The zero-order valence-electron chi connectivity index (χ0n) is 7.87. The molecule has 0 bridgehead atoms. The minimum absolute atomic E-state index is 0.0293. The minimum Gasteiger partial charge on any atom is -0.312 e. The minimum atomic E-state index is -0.0293. The Morgan fingerprint density at radius 2 is 2.23 bits per heavy atom. The van der Waals surface area contributed by atoms with E-state index in [2.05, 4.69) is 6.07 Å². The summed E-state index contributed by atoms with van der Waals surface area (Å²) in [4.78, 5) is 11.4. The normalized spacial score (nSPS) is 9.62. The smallest absolute Gasteiger partial charge is 0.250 e. The van der Waals surface area contributed by atoms with E-state index < -0.39 is 0 Å². The highest BCUT2D eigenvalue weighted by Crippen LogP contribution is 2.03. The quantitative estimate of drug-likeness (QED) is 0.684. The number of nitrogens with zero attached hydrogens (tertiary/aromatic N) is 2. The molecule has 68 valence electrons. The number of rotatable bonds is 2. The Morgan fingerprint density at radius 3 is 2.77 bits per heavy atom. The molecule has 0 spiro atoms. The lowest BCUT2D eigenvalue weighted by Gasteiger charge is -2.08. The summed E-state index contributed by atoms with van der Waals surface area (Å²) in [6.45, 7) is 4.49. The fourth-order valence-electron chi connectivity index (χ4n) is 1.30. The van der Waals surface area contributed by atoms with Crippen molar-refractivity contribution < 1.29 is 0 Å². The monoisotopic (exact) mass is 176 g/mol. The van der Waals surface area contributed by atoms with Gasteiger partial charge in [0.2, 0.25) is 0 Å². The largest absolute Gasteiger partial charge is 0.312 e. The SMILES string of the molecule is CCCn1c(C)c(C#N)ccc1=O. The fourth-order valence-corrected chi connectivity index (χ4v) is 1.30. The molecule has 0 saturated carbocycles. The molecule has 3 heteroatoms. The molecule has 0 fully saturated rings. The zero-order valence-corrected chi connectivity index (χ0v) is 7.87. The molecule has 0 atom stereocenters. The molecule has 1 rings (SSSR count). The Kier molecular flexibility index (Phi) is 2.86. The van der Waals surface area contributed by atoms with Gasteiger partial charge < -0.3 is 4.57 Å². The summed E-state index contributed by atoms with van der Waals surface area (Å²) < 4.78 is 1.64. The molecule has 0 amide bonds. The van der Waals surface area contributed by atoms with Gasteiger partial charge in [-0.1, -0.05) is 6.92 Å². The van der Waals surface area contributed by atoms with E-state index in [1.54, 1.807) is 17.6 Å². The molecule has 1 aromatic rings. The molecule has 0 aliphatic heterocycles. The highest BCUT2D eigenvalue weighted by atomic mass is 16.1. The molecular formula is C10H12N2O. The van der Waals surface area contributed by atoms with Crippen LogP contribution in [0.1, 0.15) is 24.6 Å². The van der Waals surface area contributed by atoms with Crippen molar-refractivity contribution >= 4 is 0 Å². The molecule has 0 aliphatic rings. The van der Waals surface area contributed by atoms with E-state index in [9.17, 15) is 4.79 Å². The summed E-state index contributed by atoms with van der Waals surface area (Å²) in [5.41, 5.74) is 1.31. The average Bonchev–Trinajstić information content (AvgIpc) is 2.12. The second-order valence-corrected chi connectivity index (χ2v) is 2.93. The van der Waals surface area contributed by atoms with Gasteiger partial charge in [-0.05, 0) is 19.4 Å². The van der Waals surface area contributed by atoms with E-state index in [-0.39, 0.29) is 5.56 Å². The molecular weight excluding hydrogens is 164 g/mol. The summed E-state index contributed by atoms with van der Waals surface area (Å²) in [6.07, 6.45) is 0.898. The summed E-state index contributed by atoms with van der Waals surface area (Å²) in [7, 11) is 0. The van der Waals surface area contributed by atoms with Gasteiger partial charge in [0.25, 0.3) is 5.56 Å². The average molecular weight is 176 g/mol. The van der Waals surface area contributed by atoms with Gasteiger partial charge in [0, 0.05) is 18.3 Å². The van der Waals surface area contributed by atoms with Crippen LogP contribution in [-0.4, -0.2) is 4.57 Å². The van der Waals surface area contributed by atoms with Crippen molar-refractivity contribution in [2.45, 2.75) is 26.8 Å². The van der Waals surface area contributed by atoms with Crippen molar-refractivity contribution in [1.82, 2.24) is 4.57 Å². The van der Waals surface area contributed by atoms with E-state index in [1.165, 1.54) is 6.07 Å². The summed E-state index contributed by atoms with van der Waals surface area (Å²) >= 11 is 0. The Hall–Kier alpha value is -1.56. The fraction of sp³-hybridized carbons (Fsp3) is 0.400. The van der Waals surface area contributed by atoms with Crippen LogP contribution in [0.4, 0.5) is 0 Å². The van der Waals surface area contributed by atoms with E-state index in [0.717, 1.165) is 12.1 Å². The number of hydrogen-bond donors (Lipinski definition) is 0. The molecule has 3 nitrogen and oxygen atoms in total. The Labute approximate surface area is 77.2 Å². The second-order valence-electron chi connectivity index (χ2n) is 2.93. The number of nitriles is 1. The Balaban J connectivity index is 3.32. The van der Waals surface area contributed by atoms with Crippen LogP contribution in [0.2, 0.25) is 0 Å². The molecule has 0 unspecified atom stereocenters. The maximum Gasteiger partial charge on any atom is 0.250 e. The maximum absolute atomic E-state index is 11.4. The molecule has 13 heavy (non-hydrogen) atoms. The predicted molar refractivity (Wildman–Crippen MR) is 50.4 cm³/mol. The van der Waals surface area contributed by atoms with Crippen LogP contribution in [0.25, 0.3) is 0 Å². The summed E-state index contributed by atoms with van der Waals surface area (Å²) in [5.74, 6) is 0. The first-order valence-corrected chi connectivity index (χ1v) is 4.31. The maximum atomic E-state index is 11.4. The standard InChI is InChI=1S/C10H12N2O/c1-3-6-12-8(2)9(7-11)4-5-10(12)13/h4-5H,3,6H2,1-2H3. The van der Waals surface area contributed by atoms with Crippen LogP contribution in [-0.2, 0) is 6.54 Å². The van der Waals surface area contributed by atoms with Gasteiger partial charge in [-0.15, -0.1) is 0 Å². The van der Waals surface area contributed by atoms with Crippen molar-refractivity contribution in [1.29, 1.82) is 5.26 Å². The van der Waals surface area contributed by atoms with Gasteiger partial charge in [0.1, 0.15) is 6.07 Å². The lowest BCUT2D eigenvalue weighted by Crippen LogP contribution is -2.21. The first-order chi connectivity index (χ1) is 6.20. The topological polar surface area (TPSA) is 45.8 Å². The molecule has 1 heterocycles. The van der Waals surface area contributed by atoms with Crippen molar-refractivity contribution in [3.63, 3.8) is 0 Å². The van der Waals surface area contributed by atoms with E-state index in [0.29, 0.717) is 12.1 Å². The third-order valence-corrected chi connectivity index (χ3v) is 2.02. The number of pyridine rings is 1. The number of aromatic nitrogens is 1. The summed E-state index contributed by atoms with van der Waals surface area (Å²) in [6, 6.07) is 5.08. The third kappa shape index (κ3) is 1.78. The van der Waals surface area contributed by atoms with Gasteiger partial charge in [-0.3, -0.25) is 4.79 Å². The van der Waals surface area contributed by atoms with E-state index in [1.807, 2.05) is 6.92 Å². The molecule has 0 saturated heterocycles. The molecule has 0 aliphatic carbocycles. The van der Waals surface area contributed by atoms with Gasteiger partial charge in [-0.2, -0.15) is 5.26 Å². The van der Waals surface area contributed by atoms with Crippen LogP contribution < -0.4 is 5.56 Å². The highest BCUT2D eigenvalue weighted by molar-refractivity contribution is 5.32. The lowest BCUT2D eigenvalue weighted by atomic mass is 10.2. The van der Waals surface area contributed by atoms with Gasteiger partial charge in [0.05, 0.1) is 5.56 Å². The van der Waals surface area contributed by atoms with Crippen LogP contribution in [0.15, 0.2) is 16.9 Å². The lowest BCUT2D eigenvalue weighted by molar-refractivity contribution is 0.634. The second kappa shape index (κ2) is 3.90. The highest BCUT2D eigenvalue weighted by Gasteiger charge is 2.03. The Bertz CT molecular complexity index is 398. The molecule has 0 aromatic carbocycles. The van der Waals surface area contributed by atoms with E-state index in [4.69, 9.17) is 5.26 Å². The predicted octanol–water partition coefficient (Wildman–Crippen LogP) is 1.44. The van der Waals surface area contributed by atoms with Crippen LogP contribution in [0.5, 0.6) is 0 Å². The summed E-state index contributed by atoms with van der Waals surface area (Å²) in [5, 5.41) is 8.74. The van der Waals surface area contributed by atoms with Crippen LogP contribution in [0, 0.1) is 18.3 Å². The molecule has 1 aromatic heterocycles. The van der Waals surface area contributed by atoms with Crippen molar-refractivity contribution in [3.8, 4) is 6.07 Å². The third-order valence-electron chi connectivity index (χ3n) is 2.02.